The lowest BCUT2D eigenvalue weighted by atomic mass is 10.1. The minimum Gasteiger partial charge on any atom is -0.279 e. The molecule has 0 fully saturated rings. The molecule has 1 aliphatic heterocycles. The Morgan fingerprint density at radius 2 is 1.71 bits per heavy atom. The molecule has 0 radical (unpaired) electrons. The second kappa shape index (κ2) is 5.45. The lowest BCUT2D eigenvalue weighted by Gasteiger charge is -2.23. The van der Waals surface area contributed by atoms with Crippen LogP contribution < -0.4 is 0 Å². The largest absolute Gasteiger partial charge is 0.279 e. The summed E-state index contributed by atoms with van der Waals surface area (Å²) in [4.78, 5) is 36.1. The molecule has 5 heteroatoms. The molecule has 1 rings (SSSR count). The zero-order valence-electron chi connectivity index (χ0n) is 10.2. The molecule has 0 saturated carbocycles. The maximum absolute atomic E-state index is 11.9. The molecule has 17 heavy (non-hydrogen) atoms. The summed E-state index contributed by atoms with van der Waals surface area (Å²) in [5.41, 5.74) is 0.795. The summed E-state index contributed by atoms with van der Waals surface area (Å²) >= 11 is 5.48. The first-order chi connectivity index (χ1) is 7.91. The van der Waals surface area contributed by atoms with Gasteiger partial charge in [-0.25, -0.2) is 0 Å². The highest BCUT2D eigenvalue weighted by molar-refractivity contribution is 6.65. The van der Waals surface area contributed by atoms with Crippen LogP contribution in [0.3, 0.4) is 0 Å². The van der Waals surface area contributed by atoms with Crippen LogP contribution in [0.25, 0.3) is 0 Å². The van der Waals surface area contributed by atoms with E-state index < -0.39 is 23.1 Å². The van der Waals surface area contributed by atoms with E-state index in [1.165, 1.54) is 0 Å². The van der Waals surface area contributed by atoms with Gasteiger partial charge in [0.05, 0.1) is 0 Å². The Bertz CT molecular complexity index is 377. The van der Waals surface area contributed by atoms with Crippen molar-refractivity contribution >= 4 is 28.7 Å². The predicted molar refractivity (Wildman–Crippen MR) is 64.4 cm³/mol. The van der Waals surface area contributed by atoms with E-state index in [-0.39, 0.29) is 0 Å². The molecule has 4 nitrogen and oxygen atoms in total. The Labute approximate surface area is 106 Å². The van der Waals surface area contributed by atoms with Gasteiger partial charge in [0.1, 0.15) is 6.04 Å². The fourth-order valence-electron chi connectivity index (χ4n) is 1.80. The van der Waals surface area contributed by atoms with Crippen molar-refractivity contribution in [1.82, 2.24) is 4.90 Å². The van der Waals surface area contributed by atoms with Crippen molar-refractivity contribution in [2.24, 2.45) is 0 Å². The molecule has 2 amide bonds. The smallest absolute Gasteiger partial charge is 0.257 e. The van der Waals surface area contributed by atoms with Crippen molar-refractivity contribution in [3.8, 4) is 0 Å². The topological polar surface area (TPSA) is 54.5 Å². The van der Waals surface area contributed by atoms with Gasteiger partial charge < -0.3 is 0 Å². The summed E-state index contributed by atoms with van der Waals surface area (Å²) in [5, 5.41) is -0.650. The van der Waals surface area contributed by atoms with Gasteiger partial charge in [0, 0.05) is 11.1 Å². The van der Waals surface area contributed by atoms with E-state index in [4.69, 9.17) is 11.6 Å². The van der Waals surface area contributed by atoms with Crippen LogP contribution >= 0.6 is 11.6 Å². The van der Waals surface area contributed by atoms with Crippen LogP contribution in [0.4, 0.5) is 0 Å². The zero-order valence-corrected chi connectivity index (χ0v) is 11.0. The summed E-state index contributed by atoms with van der Waals surface area (Å²) in [5.74, 6) is -0.801. The Balaban J connectivity index is 2.95. The van der Waals surface area contributed by atoms with Gasteiger partial charge in [0.2, 0.25) is 5.24 Å². The summed E-state index contributed by atoms with van der Waals surface area (Å²) in [6.45, 7) is 5.15. The van der Waals surface area contributed by atoms with Gasteiger partial charge in [-0.05, 0) is 31.9 Å². The molecule has 0 aliphatic carbocycles. The molecular weight excluding hydrogens is 242 g/mol. The van der Waals surface area contributed by atoms with E-state index >= 15 is 0 Å². The van der Waals surface area contributed by atoms with E-state index in [0.29, 0.717) is 17.6 Å². The van der Waals surface area contributed by atoms with E-state index in [9.17, 15) is 14.4 Å². The number of rotatable bonds is 5. The molecule has 1 aliphatic rings. The standard InChI is InChI=1S/C12H16ClNO3/c1-4-5-6-9(10(13)15)14-11(16)7(2)8(3)12(14)17/h9H,4-6H2,1-3H3. The van der Waals surface area contributed by atoms with E-state index in [0.717, 1.165) is 17.7 Å². The van der Waals surface area contributed by atoms with E-state index in [1.807, 2.05) is 6.92 Å². The molecule has 0 aromatic rings. The van der Waals surface area contributed by atoms with Gasteiger partial charge >= 0.3 is 0 Å². The summed E-state index contributed by atoms with van der Waals surface area (Å²) in [7, 11) is 0. The lowest BCUT2D eigenvalue weighted by Crippen LogP contribution is -2.44. The van der Waals surface area contributed by atoms with Crippen LogP contribution in [0.2, 0.25) is 0 Å². The van der Waals surface area contributed by atoms with Gasteiger partial charge in [0.25, 0.3) is 11.8 Å². The van der Waals surface area contributed by atoms with Gasteiger partial charge in [-0.3, -0.25) is 19.3 Å². The van der Waals surface area contributed by atoms with E-state index in [2.05, 4.69) is 0 Å². The van der Waals surface area contributed by atoms with Crippen molar-refractivity contribution in [2.75, 3.05) is 0 Å². The van der Waals surface area contributed by atoms with Crippen molar-refractivity contribution in [1.29, 1.82) is 0 Å². The van der Waals surface area contributed by atoms with Crippen molar-refractivity contribution in [3.63, 3.8) is 0 Å². The number of carbonyl (C=O) groups excluding carboxylic acids is 3. The van der Waals surface area contributed by atoms with Gasteiger partial charge in [-0.2, -0.15) is 0 Å². The lowest BCUT2D eigenvalue weighted by molar-refractivity contribution is -0.143. The zero-order chi connectivity index (χ0) is 13.2. The van der Waals surface area contributed by atoms with Crippen LogP contribution in [0, 0.1) is 0 Å². The molecule has 0 spiro atoms. The number of amides is 2. The molecule has 0 aromatic heterocycles. The first-order valence-electron chi connectivity index (χ1n) is 5.66. The SMILES string of the molecule is CCCCC(C(=O)Cl)N1C(=O)C(C)=C(C)C1=O. The maximum Gasteiger partial charge on any atom is 0.257 e. The number of unbranched alkanes of at least 4 members (excludes halogenated alkanes) is 1. The second-order valence-electron chi connectivity index (χ2n) is 4.19. The first-order valence-corrected chi connectivity index (χ1v) is 6.04. The third-order valence-electron chi connectivity index (χ3n) is 3.05. The van der Waals surface area contributed by atoms with Crippen molar-refractivity contribution < 1.29 is 14.4 Å². The summed E-state index contributed by atoms with van der Waals surface area (Å²) in [6, 6.07) is -0.830. The van der Waals surface area contributed by atoms with Crippen molar-refractivity contribution in [3.05, 3.63) is 11.1 Å². The average molecular weight is 258 g/mol. The highest BCUT2D eigenvalue weighted by atomic mass is 35.5. The third kappa shape index (κ3) is 2.57. The van der Waals surface area contributed by atoms with Crippen LogP contribution in [0.15, 0.2) is 11.1 Å². The Morgan fingerprint density at radius 3 is 2.06 bits per heavy atom. The molecule has 1 heterocycles. The number of imide groups is 1. The molecule has 0 N–H and O–H groups in total. The fourth-order valence-corrected chi connectivity index (χ4v) is 2.01. The number of halogens is 1. The average Bonchev–Trinajstić information content (AvgIpc) is 2.46. The number of hydrogen-bond donors (Lipinski definition) is 0. The van der Waals surface area contributed by atoms with Gasteiger partial charge in [-0.1, -0.05) is 19.8 Å². The number of carbonyl (C=O) groups is 3. The van der Waals surface area contributed by atoms with Crippen molar-refractivity contribution in [2.45, 2.75) is 46.1 Å². The van der Waals surface area contributed by atoms with E-state index in [1.54, 1.807) is 13.8 Å². The van der Waals surface area contributed by atoms with Crippen LogP contribution in [0.5, 0.6) is 0 Å². The minimum atomic E-state index is -0.830. The fraction of sp³-hybridized carbons (Fsp3) is 0.583. The van der Waals surface area contributed by atoms with Crippen LogP contribution in [-0.2, 0) is 14.4 Å². The summed E-state index contributed by atoms with van der Waals surface area (Å²) in [6.07, 6.45) is 2.05. The normalized spacial score (nSPS) is 18.0. The molecule has 0 aromatic carbocycles. The monoisotopic (exact) mass is 257 g/mol. The molecule has 0 bridgehead atoms. The highest BCUT2D eigenvalue weighted by Crippen LogP contribution is 2.25. The third-order valence-corrected chi connectivity index (χ3v) is 3.30. The van der Waals surface area contributed by atoms with Crippen LogP contribution in [0.1, 0.15) is 40.0 Å². The molecule has 1 unspecified atom stereocenters. The van der Waals surface area contributed by atoms with Gasteiger partial charge in [0.15, 0.2) is 0 Å². The molecule has 94 valence electrons. The quantitative estimate of drug-likeness (QED) is 0.559. The molecule has 1 atom stereocenters. The Hall–Kier alpha value is -1.16. The second-order valence-corrected chi connectivity index (χ2v) is 4.56. The summed E-state index contributed by atoms with van der Waals surface area (Å²) < 4.78 is 0. The number of nitrogens with zero attached hydrogens (tertiary/aromatic N) is 1. The highest BCUT2D eigenvalue weighted by Gasteiger charge is 2.40. The predicted octanol–water partition coefficient (Wildman–Crippen LogP) is 2.02. The first kappa shape index (κ1) is 13.9. The van der Waals surface area contributed by atoms with Gasteiger partial charge in [-0.15, -0.1) is 0 Å². The maximum atomic E-state index is 11.9. The van der Waals surface area contributed by atoms with Crippen LogP contribution in [-0.4, -0.2) is 28.0 Å². The molecular formula is C12H16ClNO3. The Kier molecular flexibility index (Phi) is 4.46. The number of hydrogen-bond acceptors (Lipinski definition) is 3. The minimum absolute atomic E-state index is 0.398. The molecule has 0 saturated heterocycles. The Morgan fingerprint density at radius 1 is 1.24 bits per heavy atom.